The van der Waals surface area contributed by atoms with Crippen LogP contribution in [-0.4, -0.2) is 48.2 Å². The minimum absolute atomic E-state index is 0.0159. The van der Waals surface area contributed by atoms with Gasteiger partial charge in [0.15, 0.2) is 0 Å². The Hall–Kier alpha value is -3.32. The Morgan fingerprint density at radius 1 is 1.18 bits per heavy atom. The second-order valence-corrected chi connectivity index (χ2v) is 11.6. The van der Waals surface area contributed by atoms with Crippen LogP contribution in [0, 0.1) is 28.5 Å². The molecule has 2 N–H and O–H groups in total. The number of amides is 2. The van der Waals surface area contributed by atoms with E-state index in [2.05, 4.69) is 30.4 Å². The van der Waals surface area contributed by atoms with Gasteiger partial charge < -0.3 is 20.4 Å². The Kier molecular flexibility index (Phi) is 7.98. The molecule has 6 atom stereocenters. The normalized spacial score (nSPS) is 30.4. The van der Waals surface area contributed by atoms with Gasteiger partial charge in [0.25, 0.3) is 0 Å². The Labute approximate surface area is 230 Å². The Morgan fingerprint density at radius 3 is 2.54 bits per heavy atom. The van der Waals surface area contributed by atoms with Crippen molar-refractivity contribution >= 4 is 23.6 Å². The van der Waals surface area contributed by atoms with Gasteiger partial charge in [-0.1, -0.05) is 42.8 Å². The van der Waals surface area contributed by atoms with Gasteiger partial charge in [-0.05, 0) is 86.8 Å². The van der Waals surface area contributed by atoms with Crippen molar-refractivity contribution in [2.75, 3.05) is 13.1 Å². The van der Waals surface area contributed by atoms with Crippen LogP contribution in [-0.2, 0) is 4.74 Å². The van der Waals surface area contributed by atoms with E-state index in [0.717, 1.165) is 37.0 Å². The molecule has 2 amide bonds. The molecule has 7 heteroatoms. The highest BCUT2D eigenvalue weighted by Crippen LogP contribution is 2.56. The zero-order valence-electron chi connectivity index (χ0n) is 23.1. The highest BCUT2D eigenvalue weighted by atomic mass is 19.1. The SMILES string of the molecule is CC1CN(C(=O)NC(CC2CCC3=CC(=Nc4ccc(F)cc4)C(C=N)CC32C)c2ccccc2)CC(C)O1. The molecule has 39 heavy (non-hydrogen) atoms. The van der Waals surface area contributed by atoms with Crippen LogP contribution in [0.1, 0.15) is 58.1 Å². The van der Waals surface area contributed by atoms with Crippen molar-refractivity contribution in [2.24, 2.45) is 22.2 Å². The van der Waals surface area contributed by atoms with E-state index < -0.39 is 0 Å². The van der Waals surface area contributed by atoms with E-state index in [1.807, 2.05) is 36.9 Å². The number of aliphatic imine (C=N–C) groups is 1. The molecule has 6 unspecified atom stereocenters. The molecule has 1 heterocycles. The molecular weight excluding hydrogens is 491 g/mol. The monoisotopic (exact) mass is 530 g/mol. The number of ether oxygens (including phenoxy) is 1. The first kappa shape index (κ1) is 27.3. The number of nitrogens with zero attached hydrogens (tertiary/aromatic N) is 2. The predicted octanol–water partition coefficient (Wildman–Crippen LogP) is 6.86. The standard InChI is InChI=1S/C32H39FN4O2/c1-21-19-37(20-22(2)39-21)31(38)36-29(23-7-5-4-6-8-23)15-25-9-10-26-16-30(24(18-34)17-32(25,26)3)35-28-13-11-27(33)12-14-28/h4-8,11-14,16,18,21-22,24-25,29,34H,9-10,15,17,19-20H2,1-3H3,(H,36,38). The zero-order valence-corrected chi connectivity index (χ0v) is 23.1. The predicted molar refractivity (Wildman–Crippen MR) is 153 cm³/mol. The number of nitrogens with one attached hydrogen (secondary N) is 2. The summed E-state index contributed by atoms with van der Waals surface area (Å²) in [6, 6.07) is 16.3. The summed E-state index contributed by atoms with van der Waals surface area (Å²) in [5.41, 5.74) is 3.96. The lowest BCUT2D eigenvalue weighted by atomic mass is 9.65. The lowest BCUT2D eigenvalue weighted by molar-refractivity contribution is -0.0548. The summed E-state index contributed by atoms with van der Waals surface area (Å²) < 4.78 is 19.2. The van der Waals surface area contributed by atoms with E-state index >= 15 is 0 Å². The van der Waals surface area contributed by atoms with E-state index in [9.17, 15) is 9.18 Å². The third-order valence-electron chi connectivity index (χ3n) is 8.76. The van der Waals surface area contributed by atoms with Gasteiger partial charge in [0.1, 0.15) is 5.82 Å². The Balaban J connectivity index is 1.38. The highest BCUT2D eigenvalue weighted by molar-refractivity contribution is 6.08. The minimum atomic E-state index is -0.284. The first-order valence-electron chi connectivity index (χ1n) is 14.1. The first-order valence-corrected chi connectivity index (χ1v) is 14.1. The lowest BCUT2D eigenvalue weighted by Gasteiger charge is -2.41. The van der Waals surface area contributed by atoms with E-state index in [4.69, 9.17) is 15.1 Å². The fourth-order valence-electron chi connectivity index (χ4n) is 6.71. The molecule has 1 aliphatic heterocycles. The highest BCUT2D eigenvalue weighted by Gasteiger charge is 2.47. The molecule has 206 valence electrons. The maximum Gasteiger partial charge on any atom is 0.318 e. The number of hydrogen-bond donors (Lipinski definition) is 2. The largest absolute Gasteiger partial charge is 0.372 e. The molecule has 2 aliphatic carbocycles. The van der Waals surface area contributed by atoms with Crippen LogP contribution in [0.15, 0.2) is 71.2 Å². The smallest absolute Gasteiger partial charge is 0.318 e. The molecule has 0 aromatic heterocycles. The Bertz CT molecular complexity index is 1230. The number of allylic oxidation sites excluding steroid dienone is 2. The molecule has 0 bridgehead atoms. The fraction of sp³-hybridized carbons (Fsp3) is 0.469. The minimum Gasteiger partial charge on any atom is -0.372 e. The number of urea groups is 1. The molecule has 2 aromatic rings. The second kappa shape index (κ2) is 11.4. The maximum absolute atomic E-state index is 13.4. The molecule has 3 aliphatic rings. The molecule has 6 nitrogen and oxygen atoms in total. The summed E-state index contributed by atoms with van der Waals surface area (Å²) in [7, 11) is 0. The fourth-order valence-corrected chi connectivity index (χ4v) is 6.71. The first-order chi connectivity index (χ1) is 18.7. The molecular formula is C32H39FN4O2. The average Bonchev–Trinajstić information content (AvgIpc) is 3.23. The van der Waals surface area contributed by atoms with Gasteiger partial charge in [-0.15, -0.1) is 0 Å². The van der Waals surface area contributed by atoms with Crippen molar-refractivity contribution in [2.45, 2.75) is 64.7 Å². The van der Waals surface area contributed by atoms with Crippen LogP contribution in [0.2, 0.25) is 0 Å². The number of hydrogen-bond acceptors (Lipinski definition) is 4. The van der Waals surface area contributed by atoms with E-state index in [-0.39, 0.29) is 41.4 Å². The number of halogens is 1. The van der Waals surface area contributed by atoms with Crippen molar-refractivity contribution in [1.82, 2.24) is 10.2 Å². The summed E-state index contributed by atoms with van der Waals surface area (Å²) in [6.45, 7) is 7.51. The molecule has 1 saturated carbocycles. The van der Waals surface area contributed by atoms with Crippen molar-refractivity contribution in [3.8, 4) is 0 Å². The Morgan fingerprint density at radius 2 is 1.87 bits per heavy atom. The van der Waals surface area contributed by atoms with Crippen LogP contribution in [0.3, 0.4) is 0 Å². The number of morpholine rings is 1. The van der Waals surface area contributed by atoms with Gasteiger partial charge in [0.05, 0.1) is 23.9 Å². The molecule has 2 aromatic carbocycles. The number of fused-ring (bicyclic) bond motifs is 1. The number of rotatable bonds is 6. The average molecular weight is 531 g/mol. The van der Waals surface area contributed by atoms with Gasteiger partial charge in [-0.2, -0.15) is 0 Å². The van der Waals surface area contributed by atoms with Gasteiger partial charge in [0, 0.05) is 30.9 Å². The summed E-state index contributed by atoms with van der Waals surface area (Å²) in [5, 5.41) is 11.5. The summed E-state index contributed by atoms with van der Waals surface area (Å²) >= 11 is 0. The summed E-state index contributed by atoms with van der Waals surface area (Å²) in [5.74, 6) is -0.0365. The van der Waals surface area contributed by atoms with Gasteiger partial charge in [0.2, 0.25) is 0 Å². The van der Waals surface area contributed by atoms with Crippen molar-refractivity contribution in [1.29, 1.82) is 5.41 Å². The van der Waals surface area contributed by atoms with Crippen LogP contribution >= 0.6 is 0 Å². The molecule has 2 fully saturated rings. The van der Waals surface area contributed by atoms with E-state index in [0.29, 0.717) is 24.7 Å². The van der Waals surface area contributed by atoms with Crippen molar-refractivity contribution in [3.05, 3.63) is 77.6 Å². The number of carbonyl (C=O) groups is 1. The lowest BCUT2D eigenvalue weighted by Crippen LogP contribution is -2.52. The summed E-state index contributed by atoms with van der Waals surface area (Å²) in [4.78, 5) is 20.1. The molecule has 1 saturated heterocycles. The second-order valence-electron chi connectivity index (χ2n) is 11.6. The van der Waals surface area contributed by atoms with Crippen LogP contribution < -0.4 is 5.32 Å². The van der Waals surface area contributed by atoms with Crippen LogP contribution in [0.25, 0.3) is 0 Å². The van der Waals surface area contributed by atoms with Crippen molar-refractivity contribution in [3.63, 3.8) is 0 Å². The number of carbonyl (C=O) groups excluding carboxylic acids is 1. The van der Waals surface area contributed by atoms with E-state index in [1.165, 1.54) is 23.9 Å². The third kappa shape index (κ3) is 5.98. The van der Waals surface area contributed by atoms with Gasteiger partial charge >= 0.3 is 6.03 Å². The quantitative estimate of drug-likeness (QED) is 0.400. The van der Waals surface area contributed by atoms with E-state index in [1.54, 1.807) is 12.1 Å². The van der Waals surface area contributed by atoms with Crippen LogP contribution in [0.4, 0.5) is 14.9 Å². The topological polar surface area (TPSA) is 77.8 Å². The molecule has 0 spiro atoms. The molecule has 0 radical (unpaired) electrons. The summed E-state index contributed by atoms with van der Waals surface area (Å²) in [6.07, 6.45) is 7.34. The third-order valence-corrected chi connectivity index (χ3v) is 8.76. The zero-order chi connectivity index (χ0) is 27.6. The van der Waals surface area contributed by atoms with Crippen molar-refractivity contribution < 1.29 is 13.9 Å². The maximum atomic E-state index is 13.4. The number of benzene rings is 2. The van der Waals surface area contributed by atoms with Gasteiger partial charge in [-0.25, -0.2) is 9.18 Å². The van der Waals surface area contributed by atoms with Gasteiger partial charge in [-0.3, -0.25) is 4.99 Å². The van der Waals surface area contributed by atoms with Crippen LogP contribution in [0.5, 0.6) is 0 Å². The molecule has 5 rings (SSSR count).